The van der Waals surface area contributed by atoms with Crippen molar-refractivity contribution in [1.29, 1.82) is 0 Å². The van der Waals surface area contributed by atoms with Crippen molar-refractivity contribution in [2.45, 2.75) is 6.42 Å². The molecule has 0 spiro atoms. The van der Waals surface area contributed by atoms with Crippen molar-refractivity contribution in [3.8, 4) is 0 Å². The third-order valence-electron chi connectivity index (χ3n) is 3.63. The molecule has 0 bridgehead atoms. The van der Waals surface area contributed by atoms with Gasteiger partial charge in [-0.15, -0.1) is 0 Å². The molecule has 0 radical (unpaired) electrons. The molecule has 3 rings (SSSR count). The zero-order valence-electron chi connectivity index (χ0n) is 13.8. The summed E-state index contributed by atoms with van der Waals surface area (Å²) in [4.78, 5) is 26.9. The molecule has 1 aromatic heterocycles. The average molecular weight is 348 g/mol. The van der Waals surface area contributed by atoms with E-state index in [4.69, 9.17) is 0 Å². The van der Waals surface area contributed by atoms with E-state index < -0.39 is 4.92 Å². The van der Waals surface area contributed by atoms with Gasteiger partial charge in [0.1, 0.15) is 5.82 Å². The Morgan fingerprint density at radius 2 is 1.69 bits per heavy atom. The van der Waals surface area contributed by atoms with Gasteiger partial charge in [-0.1, -0.05) is 36.4 Å². The van der Waals surface area contributed by atoms with Gasteiger partial charge < -0.3 is 10.6 Å². The van der Waals surface area contributed by atoms with E-state index in [1.165, 1.54) is 12.3 Å². The van der Waals surface area contributed by atoms with Gasteiger partial charge in [0.2, 0.25) is 5.91 Å². The number of nitrogens with one attached hydrogen (secondary N) is 2. The number of hydrogen-bond donors (Lipinski definition) is 2. The molecular formula is C19H16N4O3. The molecule has 0 aliphatic rings. The second-order valence-corrected chi connectivity index (χ2v) is 5.53. The molecule has 0 fully saturated rings. The van der Waals surface area contributed by atoms with Crippen molar-refractivity contribution >= 4 is 28.8 Å². The molecule has 0 atom stereocenters. The van der Waals surface area contributed by atoms with Crippen LogP contribution in [0.1, 0.15) is 5.56 Å². The largest absolute Gasteiger partial charge is 0.340 e. The number of hydrogen-bond acceptors (Lipinski definition) is 5. The van der Waals surface area contributed by atoms with Crippen LogP contribution in [0, 0.1) is 10.1 Å². The minimum atomic E-state index is -0.492. The molecule has 1 amide bonds. The zero-order valence-corrected chi connectivity index (χ0v) is 13.8. The van der Waals surface area contributed by atoms with Crippen LogP contribution in [0.3, 0.4) is 0 Å². The monoisotopic (exact) mass is 348 g/mol. The zero-order chi connectivity index (χ0) is 18.4. The quantitative estimate of drug-likeness (QED) is 0.520. The lowest BCUT2D eigenvalue weighted by Crippen LogP contribution is -2.15. The molecule has 7 nitrogen and oxygen atoms in total. The summed E-state index contributed by atoms with van der Waals surface area (Å²) in [6.07, 6.45) is 1.45. The average Bonchev–Trinajstić information content (AvgIpc) is 2.64. The highest BCUT2D eigenvalue weighted by Crippen LogP contribution is 2.19. The third kappa shape index (κ3) is 4.41. The lowest BCUT2D eigenvalue weighted by molar-refractivity contribution is -0.385. The Morgan fingerprint density at radius 1 is 0.962 bits per heavy atom. The topological polar surface area (TPSA) is 97.2 Å². The summed E-state index contributed by atoms with van der Waals surface area (Å²) in [5.41, 5.74) is 1.73. The summed E-state index contributed by atoms with van der Waals surface area (Å²) >= 11 is 0. The van der Waals surface area contributed by atoms with E-state index in [9.17, 15) is 14.9 Å². The van der Waals surface area contributed by atoms with Crippen LogP contribution in [0.15, 0.2) is 72.9 Å². The number of nitro benzene ring substituents is 1. The van der Waals surface area contributed by atoms with Crippen molar-refractivity contribution in [3.05, 3.63) is 88.6 Å². The first-order valence-corrected chi connectivity index (χ1v) is 7.92. The Kier molecular flexibility index (Phi) is 5.19. The fourth-order valence-electron chi connectivity index (χ4n) is 2.43. The van der Waals surface area contributed by atoms with Gasteiger partial charge >= 0.3 is 0 Å². The predicted octanol–water partition coefficient (Wildman–Crippen LogP) is 3.91. The highest BCUT2D eigenvalue weighted by molar-refractivity contribution is 5.92. The van der Waals surface area contributed by atoms with Crippen molar-refractivity contribution in [2.75, 3.05) is 10.6 Å². The van der Waals surface area contributed by atoms with Crippen LogP contribution in [0.4, 0.5) is 22.9 Å². The molecule has 0 aliphatic carbocycles. The third-order valence-corrected chi connectivity index (χ3v) is 3.63. The Hall–Kier alpha value is -3.74. The molecule has 2 N–H and O–H groups in total. The van der Waals surface area contributed by atoms with E-state index in [1.807, 2.05) is 30.3 Å². The molecular weight excluding hydrogens is 332 g/mol. The Balaban J connectivity index is 1.62. The summed E-state index contributed by atoms with van der Waals surface area (Å²) in [5.74, 6) is 0.303. The van der Waals surface area contributed by atoms with Gasteiger partial charge in [0, 0.05) is 17.3 Å². The Morgan fingerprint density at radius 3 is 2.38 bits per heavy atom. The number of para-hydroxylation sites is 2. The fraction of sp³-hybridized carbons (Fsp3) is 0.0526. The minimum Gasteiger partial charge on any atom is -0.340 e. The highest BCUT2D eigenvalue weighted by atomic mass is 16.6. The number of amides is 1. The molecule has 0 saturated carbocycles. The molecule has 130 valence electrons. The second kappa shape index (κ2) is 7.89. The minimum absolute atomic E-state index is 0.0665. The first kappa shape index (κ1) is 17.1. The summed E-state index contributed by atoms with van der Waals surface area (Å²) in [6, 6.07) is 19.3. The van der Waals surface area contributed by atoms with Crippen molar-refractivity contribution in [2.24, 2.45) is 0 Å². The Bertz CT molecular complexity index is 912. The molecule has 0 unspecified atom stereocenters. The van der Waals surface area contributed by atoms with E-state index in [0.29, 0.717) is 17.1 Å². The first-order valence-electron chi connectivity index (χ1n) is 7.92. The summed E-state index contributed by atoms with van der Waals surface area (Å²) < 4.78 is 0. The lowest BCUT2D eigenvalue weighted by Gasteiger charge is -2.08. The second-order valence-electron chi connectivity index (χ2n) is 5.53. The molecule has 7 heteroatoms. The SMILES string of the molecule is O=C(Cc1ccccc1[N+](=O)[O-])Nc1ccc(Nc2ccccc2)nc1. The molecule has 3 aromatic rings. The van der Waals surface area contributed by atoms with Crippen LogP contribution in [-0.2, 0) is 11.2 Å². The van der Waals surface area contributed by atoms with Crippen molar-refractivity contribution in [1.82, 2.24) is 4.98 Å². The van der Waals surface area contributed by atoms with Gasteiger partial charge in [-0.05, 0) is 24.3 Å². The van der Waals surface area contributed by atoms with Crippen molar-refractivity contribution in [3.63, 3.8) is 0 Å². The van der Waals surface area contributed by atoms with E-state index in [-0.39, 0.29) is 18.0 Å². The van der Waals surface area contributed by atoms with Gasteiger partial charge in [-0.25, -0.2) is 4.98 Å². The number of pyridine rings is 1. The number of carbonyl (C=O) groups excluding carboxylic acids is 1. The van der Waals surface area contributed by atoms with Gasteiger partial charge in [0.15, 0.2) is 0 Å². The number of aromatic nitrogens is 1. The summed E-state index contributed by atoms with van der Waals surface area (Å²) in [5, 5.41) is 16.8. The number of rotatable bonds is 6. The van der Waals surface area contributed by atoms with Gasteiger partial charge in [-0.2, -0.15) is 0 Å². The van der Waals surface area contributed by atoms with E-state index in [1.54, 1.807) is 30.3 Å². The summed E-state index contributed by atoms with van der Waals surface area (Å²) in [7, 11) is 0. The van der Waals surface area contributed by atoms with Gasteiger partial charge in [-0.3, -0.25) is 14.9 Å². The number of nitro groups is 1. The number of benzene rings is 2. The van der Waals surface area contributed by atoms with E-state index >= 15 is 0 Å². The fourth-order valence-corrected chi connectivity index (χ4v) is 2.43. The van der Waals surface area contributed by atoms with E-state index in [0.717, 1.165) is 5.69 Å². The molecule has 0 saturated heterocycles. The normalized spacial score (nSPS) is 10.2. The van der Waals surface area contributed by atoms with E-state index in [2.05, 4.69) is 15.6 Å². The number of carbonyl (C=O) groups is 1. The predicted molar refractivity (Wildman–Crippen MR) is 99.4 cm³/mol. The van der Waals surface area contributed by atoms with Gasteiger partial charge in [0.25, 0.3) is 5.69 Å². The van der Waals surface area contributed by atoms with Crippen LogP contribution in [0.25, 0.3) is 0 Å². The van der Waals surface area contributed by atoms with Crippen LogP contribution in [0.2, 0.25) is 0 Å². The molecule has 2 aromatic carbocycles. The van der Waals surface area contributed by atoms with Crippen LogP contribution in [0.5, 0.6) is 0 Å². The van der Waals surface area contributed by atoms with Gasteiger partial charge in [0.05, 0.1) is 23.2 Å². The van der Waals surface area contributed by atoms with Crippen LogP contribution in [-0.4, -0.2) is 15.8 Å². The Labute approximate surface area is 149 Å². The van der Waals surface area contributed by atoms with Crippen LogP contribution < -0.4 is 10.6 Å². The standard InChI is InChI=1S/C19H16N4O3/c24-19(12-14-6-4-5-9-17(14)23(25)26)22-16-10-11-18(20-13-16)21-15-7-2-1-3-8-15/h1-11,13H,12H2,(H,20,21)(H,22,24). The first-order chi connectivity index (χ1) is 12.6. The molecule has 0 aliphatic heterocycles. The number of anilines is 3. The maximum absolute atomic E-state index is 12.2. The summed E-state index contributed by atoms with van der Waals surface area (Å²) in [6.45, 7) is 0. The maximum Gasteiger partial charge on any atom is 0.273 e. The molecule has 1 heterocycles. The number of nitrogens with zero attached hydrogens (tertiary/aromatic N) is 2. The van der Waals surface area contributed by atoms with Crippen molar-refractivity contribution < 1.29 is 9.72 Å². The smallest absolute Gasteiger partial charge is 0.273 e. The maximum atomic E-state index is 12.2. The van der Waals surface area contributed by atoms with Crippen LogP contribution >= 0.6 is 0 Å². The molecule has 26 heavy (non-hydrogen) atoms. The highest BCUT2D eigenvalue weighted by Gasteiger charge is 2.15. The lowest BCUT2D eigenvalue weighted by atomic mass is 10.1.